The van der Waals surface area contributed by atoms with E-state index in [-0.39, 0.29) is 42.0 Å². The number of esters is 2. The number of anilines is 1. The van der Waals surface area contributed by atoms with E-state index >= 15 is 0 Å². The number of hydrogen-bond acceptors (Lipinski definition) is 9. The molecule has 0 saturated heterocycles. The third-order valence-corrected chi connectivity index (χ3v) is 3.84. The molecule has 0 atom stereocenters. The van der Waals surface area contributed by atoms with Gasteiger partial charge in [0.15, 0.2) is 5.76 Å². The first-order valence-electron chi connectivity index (χ1n) is 9.41. The highest BCUT2D eigenvalue weighted by Crippen LogP contribution is 2.23. The van der Waals surface area contributed by atoms with Gasteiger partial charge in [0.2, 0.25) is 5.84 Å². The largest absolute Gasteiger partial charge is 0.488 e. The molecule has 2 N–H and O–H groups in total. The van der Waals surface area contributed by atoms with Crippen LogP contribution in [0.15, 0.2) is 41.2 Å². The lowest BCUT2D eigenvalue weighted by atomic mass is 10.2. The van der Waals surface area contributed by atoms with Gasteiger partial charge in [-0.15, -0.1) is 10.8 Å². The zero-order chi connectivity index (χ0) is 21.9. The van der Waals surface area contributed by atoms with Gasteiger partial charge in [-0.1, -0.05) is 10.5 Å². The zero-order valence-corrected chi connectivity index (χ0v) is 17.2. The van der Waals surface area contributed by atoms with E-state index in [9.17, 15) is 14.1 Å². The standard InChI is InChI=1S/C19H26FN5O5/c1-4-28-18-13-21-23-25(20)19(18)22-16-6-5-7-17(12-16)24(8-10-29-14(2)26)9-11-30-15(3)27/h5-7,12-13,21,23H,4,8-11H2,1-3H3. The van der Waals surface area contributed by atoms with Crippen molar-refractivity contribution in [2.75, 3.05) is 37.8 Å². The molecule has 0 fully saturated rings. The molecule has 1 aromatic rings. The summed E-state index contributed by atoms with van der Waals surface area (Å²) >= 11 is 0. The Balaban J connectivity index is 2.22. The highest BCUT2D eigenvalue weighted by atomic mass is 19.2. The summed E-state index contributed by atoms with van der Waals surface area (Å²) in [6.45, 7) is 5.89. The number of rotatable bonds is 10. The Morgan fingerprint density at radius 1 is 1.17 bits per heavy atom. The number of nitrogens with one attached hydrogen (secondary N) is 2. The molecule has 0 amide bonds. The summed E-state index contributed by atoms with van der Waals surface area (Å²) in [5, 5.41) is 0.219. The van der Waals surface area contributed by atoms with Crippen LogP contribution in [-0.4, -0.2) is 55.9 Å². The SMILES string of the molecule is CCOC1=CNNN(F)C1=Nc1cccc(N(CCOC(C)=O)CCOC(C)=O)c1. The molecule has 0 radical (unpaired) electrons. The van der Waals surface area contributed by atoms with E-state index in [0.717, 1.165) is 5.69 Å². The summed E-state index contributed by atoms with van der Waals surface area (Å²) < 4.78 is 29.6. The van der Waals surface area contributed by atoms with E-state index in [2.05, 4.69) is 16.0 Å². The maximum atomic E-state index is 14.2. The van der Waals surface area contributed by atoms with E-state index in [1.807, 2.05) is 11.0 Å². The normalized spacial score (nSPS) is 14.6. The Hall–Kier alpha value is -3.34. The first kappa shape index (κ1) is 22.9. The smallest absolute Gasteiger partial charge is 0.302 e. The van der Waals surface area contributed by atoms with Gasteiger partial charge in [-0.3, -0.25) is 9.59 Å². The van der Waals surface area contributed by atoms with Crippen molar-refractivity contribution in [3.8, 4) is 0 Å². The number of hydrogen-bond donors (Lipinski definition) is 2. The molecule has 0 saturated carbocycles. The van der Waals surface area contributed by atoms with Crippen molar-refractivity contribution < 1.29 is 28.3 Å². The maximum absolute atomic E-state index is 14.2. The van der Waals surface area contributed by atoms with Gasteiger partial charge in [-0.05, 0) is 25.1 Å². The number of carbonyl (C=O) groups is 2. The number of amidine groups is 1. The van der Waals surface area contributed by atoms with E-state index in [0.29, 0.717) is 25.4 Å². The average molecular weight is 423 g/mol. The molecule has 1 aliphatic heterocycles. The Morgan fingerprint density at radius 3 is 2.43 bits per heavy atom. The molecule has 2 rings (SSSR count). The monoisotopic (exact) mass is 423 g/mol. The van der Waals surface area contributed by atoms with Crippen LogP contribution in [0.3, 0.4) is 0 Å². The van der Waals surface area contributed by atoms with E-state index in [4.69, 9.17) is 14.2 Å². The number of halogens is 1. The zero-order valence-electron chi connectivity index (χ0n) is 17.2. The van der Waals surface area contributed by atoms with Crippen LogP contribution in [-0.2, 0) is 23.8 Å². The van der Waals surface area contributed by atoms with E-state index in [1.54, 1.807) is 25.1 Å². The number of aliphatic imine (C=N–C) groups is 1. The highest BCUT2D eigenvalue weighted by Gasteiger charge is 2.21. The lowest BCUT2D eigenvalue weighted by molar-refractivity contribution is -0.141. The Bertz CT molecular complexity index is 781. The number of nitrogens with zero attached hydrogens (tertiary/aromatic N) is 3. The van der Waals surface area contributed by atoms with Crippen molar-refractivity contribution in [2.45, 2.75) is 20.8 Å². The van der Waals surface area contributed by atoms with Crippen LogP contribution in [0.1, 0.15) is 20.8 Å². The van der Waals surface area contributed by atoms with Gasteiger partial charge in [0, 0.05) is 19.5 Å². The predicted octanol–water partition coefficient (Wildman–Crippen LogP) is 1.74. The fraction of sp³-hybridized carbons (Fsp3) is 0.421. The van der Waals surface area contributed by atoms with Crippen LogP contribution in [0.4, 0.5) is 15.9 Å². The summed E-state index contributed by atoms with van der Waals surface area (Å²) in [5.74, 6) is -0.566. The molecule has 0 spiro atoms. The molecule has 11 heteroatoms. The molecule has 0 aliphatic carbocycles. The summed E-state index contributed by atoms with van der Waals surface area (Å²) in [6.07, 6.45) is 1.47. The molecular weight excluding hydrogens is 397 g/mol. The number of hydrazine groups is 2. The lowest BCUT2D eigenvalue weighted by Crippen LogP contribution is -2.48. The summed E-state index contributed by atoms with van der Waals surface area (Å²) in [4.78, 5) is 28.3. The number of ether oxygens (including phenoxy) is 3. The topological polar surface area (TPSA) is 105 Å². The quantitative estimate of drug-likeness (QED) is 0.430. The summed E-state index contributed by atoms with van der Waals surface area (Å²) in [7, 11) is 0. The average Bonchev–Trinajstić information content (AvgIpc) is 2.69. The molecule has 0 bridgehead atoms. The minimum absolute atomic E-state index is 0.0425. The second-order valence-electron chi connectivity index (χ2n) is 6.10. The molecule has 164 valence electrons. The predicted molar refractivity (Wildman–Crippen MR) is 108 cm³/mol. The van der Waals surface area contributed by atoms with Crippen LogP contribution in [0, 0.1) is 0 Å². The van der Waals surface area contributed by atoms with Crippen molar-refractivity contribution >= 4 is 29.1 Å². The van der Waals surface area contributed by atoms with Gasteiger partial charge in [0.1, 0.15) is 13.2 Å². The highest BCUT2D eigenvalue weighted by molar-refractivity contribution is 5.97. The van der Waals surface area contributed by atoms with Crippen LogP contribution in [0.5, 0.6) is 0 Å². The number of carbonyl (C=O) groups excluding carboxylic acids is 2. The lowest BCUT2D eigenvalue weighted by Gasteiger charge is -2.25. The minimum atomic E-state index is -0.383. The van der Waals surface area contributed by atoms with Gasteiger partial charge in [0.05, 0.1) is 31.6 Å². The van der Waals surface area contributed by atoms with E-state index in [1.165, 1.54) is 20.0 Å². The van der Waals surface area contributed by atoms with Crippen LogP contribution >= 0.6 is 0 Å². The molecule has 1 aromatic carbocycles. The van der Waals surface area contributed by atoms with Crippen LogP contribution < -0.4 is 15.9 Å². The molecule has 1 aliphatic rings. The Kier molecular flexibility index (Phi) is 8.88. The molecule has 0 unspecified atom stereocenters. The molecule has 30 heavy (non-hydrogen) atoms. The second kappa shape index (κ2) is 11.6. The first-order valence-corrected chi connectivity index (χ1v) is 9.41. The molecule has 0 aromatic heterocycles. The summed E-state index contributed by atoms with van der Waals surface area (Å²) in [5.41, 5.74) is 6.02. The van der Waals surface area contributed by atoms with Crippen molar-refractivity contribution in [1.29, 1.82) is 0 Å². The maximum Gasteiger partial charge on any atom is 0.302 e. The molecular formula is C19H26FN5O5. The number of benzene rings is 1. The minimum Gasteiger partial charge on any atom is -0.488 e. The van der Waals surface area contributed by atoms with Crippen molar-refractivity contribution in [3.63, 3.8) is 0 Å². The van der Waals surface area contributed by atoms with E-state index < -0.39 is 0 Å². The molecule has 1 heterocycles. The van der Waals surface area contributed by atoms with Gasteiger partial charge in [0.25, 0.3) is 0 Å². The Labute approximate surface area is 174 Å². The van der Waals surface area contributed by atoms with Crippen molar-refractivity contribution in [3.05, 3.63) is 36.2 Å². The van der Waals surface area contributed by atoms with Gasteiger partial charge in [-0.2, -0.15) is 0 Å². The van der Waals surface area contributed by atoms with Gasteiger partial charge in [-0.25, -0.2) is 4.99 Å². The van der Waals surface area contributed by atoms with Crippen molar-refractivity contribution in [1.82, 2.24) is 16.2 Å². The summed E-state index contributed by atoms with van der Waals surface area (Å²) in [6, 6.07) is 7.05. The molecule has 10 nitrogen and oxygen atoms in total. The van der Waals surface area contributed by atoms with Crippen molar-refractivity contribution in [2.24, 2.45) is 4.99 Å². The first-order chi connectivity index (χ1) is 14.4. The fourth-order valence-corrected chi connectivity index (χ4v) is 2.58. The second-order valence-corrected chi connectivity index (χ2v) is 6.10. The third-order valence-electron chi connectivity index (χ3n) is 3.84. The Morgan fingerprint density at radius 2 is 1.83 bits per heavy atom. The van der Waals surface area contributed by atoms with Crippen LogP contribution in [0.2, 0.25) is 0 Å². The fourth-order valence-electron chi connectivity index (χ4n) is 2.58. The third kappa shape index (κ3) is 7.24. The van der Waals surface area contributed by atoms with Gasteiger partial charge >= 0.3 is 11.9 Å². The van der Waals surface area contributed by atoms with Crippen LogP contribution in [0.25, 0.3) is 0 Å². The van der Waals surface area contributed by atoms with Gasteiger partial charge < -0.3 is 24.5 Å².